The third-order valence-electron chi connectivity index (χ3n) is 2.16. The smallest absolute Gasteiger partial charge is 0.305 e. The number of nitrogens with zero attached hydrogens (tertiary/aromatic N) is 4. The SMILES string of the molecule is CN(C)CCCCNc1ncc([N+](=O)[O-])cn1. The summed E-state index contributed by atoms with van der Waals surface area (Å²) >= 11 is 0. The number of nitrogens with one attached hydrogen (secondary N) is 1. The zero-order valence-electron chi connectivity index (χ0n) is 10.1. The highest BCUT2D eigenvalue weighted by Crippen LogP contribution is 2.07. The maximum absolute atomic E-state index is 10.4. The van der Waals surface area contributed by atoms with Crippen LogP contribution in [0, 0.1) is 10.1 Å². The summed E-state index contributed by atoms with van der Waals surface area (Å²) < 4.78 is 0. The molecule has 7 nitrogen and oxygen atoms in total. The van der Waals surface area contributed by atoms with Crippen LogP contribution in [0.1, 0.15) is 12.8 Å². The van der Waals surface area contributed by atoms with Crippen molar-refractivity contribution in [2.24, 2.45) is 0 Å². The number of aromatic nitrogens is 2. The number of hydrogen-bond donors (Lipinski definition) is 1. The third kappa shape index (κ3) is 5.21. The molecule has 0 amide bonds. The average molecular weight is 239 g/mol. The first kappa shape index (κ1) is 13.3. The molecular weight excluding hydrogens is 222 g/mol. The van der Waals surface area contributed by atoms with Gasteiger partial charge in [-0.05, 0) is 33.5 Å². The molecule has 1 rings (SSSR count). The molecule has 1 N–H and O–H groups in total. The zero-order chi connectivity index (χ0) is 12.7. The second-order valence-corrected chi connectivity index (χ2v) is 3.96. The van der Waals surface area contributed by atoms with Gasteiger partial charge in [-0.25, -0.2) is 9.97 Å². The van der Waals surface area contributed by atoms with E-state index in [2.05, 4.69) is 20.2 Å². The lowest BCUT2D eigenvalue weighted by molar-refractivity contribution is -0.385. The first-order valence-corrected chi connectivity index (χ1v) is 5.44. The largest absolute Gasteiger partial charge is 0.354 e. The van der Waals surface area contributed by atoms with E-state index < -0.39 is 4.92 Å². The summed E-state index contributed by atoms with van der Waals surface area (Å²) in [6.07, 6.45) is 4.51. The molecule has 0 bridgehead atoms. The van der Waals surface area contributed by atoms with Crippen LogP contribution in [0.4, 0.5) is 11.6 Å². The van der Waals surface area contributed by atoms with E-state index in [0.717, 1.165) is 25.9 Å². The second kappa shape index (κ2) is 6.74. The summed E-state index contributed by atoms with van der Waals surface area (Å²) in [6.45, 7) is 1.81. The van der Waals surface area contributed by atoms with Gasteiger partial charge >= 0.3 is 5.69 Å². The Bertz CT molecular complexity index is 352. The Labute approximate surface area is 100 Å². The summed E-state index contributed by atoms with van der Waals surface area (Å²) in [4.78, 5) is 19.7. The number of anilines is 1. The molecule has 1 aromatic heterocycles. The highest BCUT2D eigenvalue weighted by molar-refractivity contribution is 5.30. The summed E-state index contributed by atoms with van der Waals surface area (Å²) in [6, 6.07) is 0. The van der Waals surface area contributed by atoms with Crippen LogP contribution in [0.15, 0.2) is 12.4 Å². The van der Waals surface area contributed by atoms with E-state index in [0.29, 0.717) is 5.95 Å². The van der Waals surface area contributed by atoms with Gasteiger partial charge < -0.3 is 10.2 Å². The highest BCUT2D eigenvalue weighted by atomic mass is 16.6. The number of nitro groups is 1. The maximum Gasteiger partial charge on any atom is 0.305 e. The van der Waals surface area contributed by atoms with Crippen molar-refractivity contribution in [1.82, 2.24) is 14.9 Å². The number of hydrogen-bond acceptors (Lipinski definition) is 6. The minimum atomic E-state index is -0.513. The van der Waals surface area contributed by atoms with Gasteiger partial charge in [-0.1, -0.05) is 0 Å². The molecule has 1 heterocycles. The minimum Gasteiger partial charge on any atom is -0.354 e. The molecule has 1 aromatic rings. The maximum atomic E-state index is 10.4. The lowest BCUT2D eigenvalue weighted by atomic mass is 10.3. The fraction of sp³-hybridized carbons (Fsp3) is 0.600. The summed E-state index contributed by atoms with van der Waals surface area (Å²) in [5.41, 5.74) is -0.0943. The molecular formula is C10H17N5O2. The molecule has 7 heteroatoms. The average Bonchev–Trinajstić information content (AvgIpc) is 2.29. The van der Waals surface area contributed by atoms with Crippen molar-refractivity contribution in [2.75, 3.05) is 32.5 Å². The van der Waals surface area contributed by atoms with Crippen LogP contribution in [0.2, 0.25) is 0 Å². The summed E-state index contributed by atoms with van der Waals surface area (Å²) in [5, 5.41) is 13.4. The first-order chi connectivity index (χ1) is 8.09. The molecule has 0 fully saturated rings. The van der Waals surface area contributed by atoms with E-state index in [1.807, 2.05) is 14.1 Å². The van der Waals surface area contributed by atoms with Crippen molar-refractivity contribution in [3.8, 4) is 0 Å². The molecule has 0 atom stereocenters. The van der Waals surface area contributed by atoms with Gasteiger partial charge in [0.1, 0.15) is 12.4 Å². The van der Waals surface area contributed by atoms with Gasteiger partial charge in [0.25, 0.3) is 0 Å². The van der Waals surface area contributed by atoms with Crippen LogP contribution in [-0.4, -0.2) is 47.0 Å². The predicted molar refractivity (Wildman–Crippen MR) is 65.0 cm³/mol. The number of rotatable bonds is 7. The Kier molecular flexibility index (Phi) is 5.28. The quantitative estimate of drug-likeness (QED) is 0.436. The molecule has 0 spiro atoms. The molecule has 0 aromatic carbocycles. The molecule has 0 aliphatic heterocycles. The fourth-order valence-corrected chi connectivity index (χ4v) is 1.26. The third-order valence-corrected chi connectivity index (χ3v) is 2.16. The van der Waals surface area contributed by atoms with Crippen molar-refractivity contribution in [2.45, 2.75) is 12.8 Å². The van der Waals surface area contributed by atoms with Gasteiger partial charge in [-0.15, -0.1) is 0 Å². The van der Waals surface area contributed by atoms with Crippen LogP contribution in [0.3, 0.4) is 0 Å². The van der Waals surface area contributed by atoms with Crippen LogP contribution >= 0.6 is 0 Å². The second-order valence-electron chi connectivity index (χ2n) is 3.96. The Hall–Kier alpha value is -1.76. The van der Waals surface area contributed by atoms with Gasteiger partial charge in [0.2, 0.25) is 5.95 Å². The van der Waals surface area contributed by atoms with E-state index in [9.17, 15) is 10.1 Å². The summed E-state index contributed by atoms with van der Waals surface area (Å²) in [5.74, 6) is 0.431. The topological polar surface area (TPSA) is 84.2 Å². The van der Waals surface area contributed by atoms with E-state index in [-0.39, 0.29) is 5.69 Å². The first-order valence-electron chi connectivity index (χ1n) is 5.44. The van der Waals surface area contributed by atoms with Gasteiger partial charge in [-0.2, -0.15) is 0 Å². The highest BCUT2D eigenvalue weighted by Gasteiger charge is 2.05. The molecule has 0 radical (unpaired) electrons. The van der Waals surface area contributed by atoms with E-state index in [4.69, 9.17) is 0 Å². The Morgan fingerprint density at radius 1 is 1.35 bits per heavy atom. The molecule has 0 saturated heterocycles. The van der Waals surface area contributed by atoms with E-state index in [1.54, 1.807) is 0 Å². The van der Waals surface area contributed by atoms with Crippen LogP contribution < -0.4 is 5.32 Å². The van der Waals surface area contributed by atoms with Crippen LogP contribution in [0.25, 0.3) is 0 Å². The Morgan fingerprint density at radius 3 is 2.53 bits per heavy atom. The van der Waals surface area contributed by atoms with E-state index >= 15 is 0 Å². The normalized spacial score (nSPS) is 10.5. The molecule has 0 aliphatic rings. The molecule has 0 unspecified atom stereocenters. The van der Waals surface area contributed by atoms with Gasteiger partial charge in [0.15, 0.2) is 0 Å². The Morgan fingerprint density at radius 2 is 2.00 bits per heavy atom. The predicted octanol–water partition coefficient (Wildman–Crippen LogP) is 1.14. The zero-order valence-corrected chi connectivity index (χ0v) is 10.1. The van der Waals surface area contributed by atoms with Gasteiger partial charge in [-0.3, -0.25) is 10.1 Å². The standard InChI is InChI=1S/C10H17N5O2/c1-14(2)6-4-3-5-11-10-12-7-9(8-13-10)15(16)17/h7-8H,3-6H2,1-2H3,(H,11,12,13). The fourth-order valence-electron chi connectivity index (χ4n) is 1.26. The van der Waals surface area contributed by atoms with Gasteiger partial charge in [0, 0.05) is 6.54 Å². The van der Waals surface area contributed by atoms with Crippen LogP contribution in [0.5, 0.6) is 0 Å². The van der Waals surface area contributed by atoms with Crippen molar-refractivity contribution in [1.29, 1.82) is 0 Å². The van der Waals surface area contributed by atoms with Crippen molar-refractivity contribution in [3.63, 3.8) is 0 Å². The number of unbranched alkanes of at least 4 members (excludes halogenated alkanes) is 1. The minimum absolute atomic E-state index is 0.0943. The molecule has 0 saturated carbocycles. The van der Waals surface area contributed by atoms with Crippen LogP contribution in [-0.2, 0) is 0 Å². The van der Waals surface area contributed by atoms with Crippen molar-refractivity contribution in [3.05, 3.63) is 22.5 Å². The molecule has 17 heavy (non-hydrogen) atoms. The monoisotopic (exact) mass is 239 g/mol. The summed E-state index contributed by atoms with van der Waals surface area (Å²) in [7, 11) is 4.07. The lowest BCUT2D eigenvalue weighted by Gasteiger charge is -2.09. The molecule has 94 valence electrons. The van der Waals surface area contributed by atoms with Gasteiger partial charge in [0.05, 0.1) is 4.92 Å². The van der Waals surface area contributed by atoms with Crippen molar-refractivity contribution >= 4 is 11.6 Å². The molecule has 0 aliphatic carbocycles. The lowest BCUT2D eigenvalue weighted by Crippen LogP contribution is -2.14. The van der Waals surface area contributed by atoms with E-state index in [1.165, 1.54) is 12.4 Å². The van der Waals surface area contributed by atoms with Crippen molar-refractivity contribution < 1.29 is 4.92 Å². The Balaban J connectivity index is 2.25.